The summed E-state index contributed by atoms with van der Waals surface area (Å²) in [5, 5.41) is 12.1. The van der Waals surface area contributed by atoms with E-state index in [4.69, 9.17) is 4.74 Å². The SMILES string of the molecule is CCCC[C@](O)(c1ccc(C)cc1)[C@H](CN1CCOCC1)c1ccccc1. The highest BCUT2D eigenvalue weighted by Crippen LogP contribution is 2.41. The Kier molecular flexibility index (Phi) is 7.06. The van der Waals surface area contributed by atoms with Crippen molar-refractivity contribution < 1.29 is 9.84 Å². The molecule has 2 aromatic rings. The third kappa shape index (κ3) is 4.98. The normalized spacial score (nSPS) is 18.8. The van der Waals surface area contributed by atoms with E-state index < -0.39 is 5.60 Å². The van der Waals surface area contributed by atoms with E-state index in [9.17, 15) is 5.11 Å². The van der Waals surface area contributed by atoms with Crippen LogP contribution in [0.3, 0.4) is 0 Å². The number of rotatable bonds is 8. The Labute approximate surface area is 164 Å². The number of aryl methyl sites for hydroxylation is 1. The number of aliphatic hydroxyl groups is 1. The summed E-state index contributed by atoms with van der Waals surface area (Å²) in [6.45, 7) is 8.55. The summed E-state index contributed by atoms with van der Waals surface area (Å²) in [4.78, 5) is 2.44. The van der Waals surface area contributed by atoms with Crippen LogP contribution >= 0.6 is 0 Å². The maximum atomic E-state index is 12.1. The molecule has 1 aliphatic heterocycles. The summed E-state index contributed by atoms with van der Waals surface area (Å²) in [6, 6.07) is 19.0. The molecule has 27 heavy (non-hydrogen) atoms. The number of unbranched alkanes of at least 4 members (excludes halogenated alkanes) is 1. The van der Waals surface area contributed by atoms with Crippen molar-refractivity contribution in [1.82, 2.24) is 4.90 Å². The van der Waals surface area contributed by atoms with E-state index >= 15 is 0 Å². The van der Waals surface area contributed by atoms with Crippen LogP contribution in [0.2, 0.25) is 0 Å². The highest BCUT2D eigenvalue weighted by atomic mass is 16.5. The molecular weight excluding hydrogens is 334 g/mol. The molecule has 3 nitrogen and oxygen atoms in total. The Morgan fingerprint density at radius 1 is 1.04 bits per heavy atom. The molecule has 146 valence electrons. The highest BCUT2D eigenvalue weighted by Gasteiger charge is 2.39. The third-order valence-electron chi connectivity index (χ3n) is 5.79. The zero-order valence-corrected chi connectivity index (χ0v) is 16.7. The molecule has 0 radical (unpaired) electrons. The molecule has 1 aliphatic rings. The quantitative estimate of drug-likeness (QED) is 0.746. The Balaban J connectivity index is 1.99. The second-order valence-corrected chi connectivity index (χ2v) is 7.77. The Bertz CT molecular complexity index is 679. The predicted octanol–water partition coefficient (Wildman–Crippen LogP) is 4.49. The van der Waals surface area contributed by atoms with Crippen LogP contribution in [-0.2, 0) is 10.3 Å². The zero-order chi connectivity index (χ0) is 19.1. The second-order valence-electron chi connectivity index (χ2n) is 7.77. The molecule has 1 heterocycles. The maximum Gasteiger partial charge on any atom is 0.0977 e. The fraction of sp³-hybridized carbons (Fsp3) is 0.500. The van der Waals surface area contributed by atoms with Gasteiger partial charge in [-0.2, -0.15) is 0 Å². The van der Waals surface area contributed by atoms with E-state index in [1.165, 1.54) is 11.1 Å². The van der Waals surface area contributed by atoms with Crippen LogP contribution in [0.25, 0.3) is 0 Å². The van der Waals surface area contributed by atoms with Crippen molar-refractivity contribution in [2.75, 3.05) is 32.8 Å². The van der Waals surface area contributed by atoms with Crippen molar-refractivity contribution in [1.29, 1.82) is 0 Å². The standard InChI is InChI=1S/C24H33NO2/c1-3-4-14-24(26,22-12-10-20(2)11-13-22)23(21-8-6-5-7-9-21)19-25-15-17-27-18-16-25/h5-13,23,26H,3-4,14-19H2,1-2H3/t23-,24+/m1/s1. The second kappa shape index (κ2) is 9.50. The molecule has 0 saturated carbocycles. The Morgan fingerprint density at radius 3 is 2.33 bits per heavy atom. The van der Waals surface area contributed by atoms with Gasteiger partial charge in [0.2, 0.25) is 0 Å². The van der Waals surface area contributed by atoms with Gasteiger partial charge in [0, 0.05) is 25.6 Å². The molecule has 0 aromatic heterocycles. The summed E-state index contributed by atoms with van der Waals surface area (Å²) in [6.07, 6.45) is 2.86. The van der Waals surface area contributed by atoms with E-state index in [0.717, 1.165) is 57.7 Å². The van der Waals surface area contributed by atoms with Crippen molar-refractivity contribution in [2.24, 2.45) is 0 Å². The van der Waals surface area contributed by atoms with Crippen LogP contribution in [0.5, 0.6) is 0 Å². The topological polar surface area (TPSA) is 32.7 Å². The Hall–Kier alpha value is -1.68. The smallest absolute Gasteiger partial charge is 0.0977 e. The number of ether oxygens (including phenoxy) is 1. The van der Waals surface area contributed by atoms with Crippen LogP contribution in [-0.4, -0.2) is 42.9 Å². The first-order chi connectivity index (χ1) is 13.1. The molecule has 3 rings (SSSR count). The first kappa shape index (κ1) is 20.1. The van der Waals surface area contributed by atoms with E-state index in [-0.39, 0.29) is 5.92 Å². The lowest BCUT2D eigenvalue weighted by Gasteiger charge is -2.41. The number of morpholine rings is 1. The van der Waals surface area contributed by atoms with Crippen LogP contribution in [0.15, 0.2) is 54.6 Å². The lowest BCUT2D eigenvalue weighted by molar-refractivity contribution is -0.0293. The predicted molar refractivity (Wildman–Crippen MR) is 111 cm³/mol. The van der Waals surface area contributed by atoms with Crippen molar-refractivity contribution in [3.05, 3.63) is 71.3 Å². The molecular formula is C24H33NO2. The van der Waals surface area contributed by atoms with Gasteiger partial charge in [0.1, 0.15) is 0 Å². The van der Waals surface area contributed by atoms with Crippen LogP contribution in [0, 0.1) is 6.92 Å². The van der Waals surface area contributed by atoms with Gasteiger partial charge in [0.15, 0.2) is 0 Å². The summed E-state index contributed by atoms with van der Waals surface area (Å²) in [7, 11) is 0. The molecule has 2 aromatic carbocycles. The van der Waals surface area contributed by atoms with Gasteiger partial charge in [-0.15, -0.1) is 0 Å². The zero-order valence-electron chi connectivity index (χ0n) is 16.7. The molecule has 0 spiro atoms. The van der Waals surface area contributed by atoms with Gasteiger partial charge in [-0.3, -0.25) is 4.90 Å². The van der Waals surface area contributed by atoms with Gasteiger partial charge in [-0.05, 0) is 24.5 Å². The molecule has 0 bridgehead atoms. The van der Waals surface area contributed by atoms with Crippen molar-refractivity contribution in [3.63, 3.8) is 0 Å². The van der Waals surface area contributed by atoms with Gasteiger partial charge in [-0.25, -0.2) is 0 Å². The monoisotopic (exact) mass is 367 g/mol. The fourth-order valence-electron chi connectivity index (χ4n) is 4.07. The lowest BCUT2D eigenvalue weighted by atomic mass is 9.74. The molecule has 0 amide bonds. The number of hydrogen-bond acceptors (Lipinski definition) is 3. The minimum Gasteiger partial charge on any atom is -0.384 e. The molecule has 3 heteroatoms. The number of hydrogen-bond donors (Lipinski definition) is 1. The van der Waals surface area contributed by atoms with Gasteiger partial charge in [0.25, 0.3) is 0 Å². The minimum atomic E-state index is -0.872. The maximum absolute atomic E-state index is 12.1. The molecule has 1 saturated heterocycles. The van der Waals surface area contributed by atoms with E-state index in [2.05, 4.69) is 67.3 Å². The molecule has 0 unspecified atom stereocenters. The average Bonchev–Trinajstić information content (AvgIpc) is 2.72. The summed E-state index contributed by atoms with van der Waals surface area (Å²) in [5.74, 6) is 0.0334. The van der Waals surface area contributed by atoms with Gasteiger partial charge in [-0.1, -0.05) is 79.9 Å². The van der Waals surface area contributed by atoms with Crippen molar-refractivity contribution in [3.8, 4) is 0 Å². The highest BCUT2D eigenvalue weighted by molar-refractivity contribution is 5.33. The summed E-state index contributed by atoms with van der Waals surface area (Å²) >= 11 is 0. The van der Waals surface area contributed by atoms with Gasteiger partial charge in [0.05, 0.1) is 18.8 Å². The number of benzene rings is 2. The molecule has 2 atom stereocenters. The molecule has 0 aliphatic carbocycles. The third-order valence-corrected chi connectivity index (χ3v) is 5.79. The minimum absolute atomic E-state index is 0.0334. The van der Waals surface area contributed by atoms with Gasteiger partial charge < -0.3 is 9.84 Å². The van der Waals surface area contributed by atoms with Crippen molar-refractivity contribution >= 4 is 0 Å². The first-order valence-electron chi connectivity index (χ1n) is 10.3. The number of nitrogens with zero attached hydrogens (tertiary/aromatic N) is 1. The van der Waals surface area contributed by atoms with Gasteiger partial charge >= 0.3 is 0 Å². The molecule has 1 fully saturated rings. The van der Waals surface area contributed by atoms with Crippen LogP contribution in [0.4, 0.5) is 0 Å². The van der Waals surface area contributed by atoms with E-state index in [1.807, 2.05) is 6.07 Å². The van der Waals surface area contributed by atoms with Crippen LogP contribution in [0.1, 0.15) is 48.8 Å². The van der Waals surface area contributed by atoms with Crippen LogP contribution < -0.4 is 0 Å². The average molecular weight is 368 g/mol. The lowest BCUT2D eigenvalue weighted by Crippen LogP contribution is -2.45. The Morgan fingerprint density at radius 2 is 1.70 bits per heavy atom. The van der Waals surface area contributed by atoms with E-state index in [1.54, 1.807) is 0 Å². The van der Waals surface area contributed by atoms with Crippen molar-refractivity contribution in [2.45, 2.75) is 44.6 Å². The largest absolute Gasteiger partial charge is 0.384 e. The molecule has 1 N–H and O–H groups in total. The summed E-state index contributed by atoms with van der Waals surface area (Å²) in [5.41, 5.74) is 2.59. The fourth-order valence-corrected chi connectivity index (χ4v) is 4.07. The first-order valence-corrected chi connectivity index (χ1v) is 10.3. The summed E-state index contributed by atoms with van der Waals surface area (Å²) < 4.78 is 5.53. The van der Waals surface area contributed by atoms with E-state index in [0.29, 0.717) is 0 Å².